The van der Waals surface area contributed by atoms with Crippen LogP contribution < -0.4 is 9.47 Å². The smallest absolute Gasteiger partial charge is 0.422 e. The van der Waals surface area contributed by atoms with E-state index in [1.165, 1.54) is 0 Å². The molecule has 1 heterocycles. The van der Waals surface area contributed by atoms with E-state index in [2.05, 4.69) is 19.2 Å². The molecule has 0 aliphatic heterocycles. The number of pyridine rings is 1. The number of halogens is 4. The fourth-order valence-electron chi connectivity index (χ4n) is 1.12. The number of carbonyl (C=O) groups is 1. The predicted molar refractivity (Wildman–Crippen MR) is 53.6 cm³/mol. The van der Waals surface area contributed by atoms with E-state index < -0.39 is 36.3 Å². The lowest BCUT2D eigenvalue weighted by Gasteiger charge is -2.11. The van der Waals surface area contributed by atoms with E-state index in [0.717, 1.165) is 14.2 Å². The molecule has 1 aromatic rings. The summed E-state index contributed by atoms with van der Waals surface area (Å²) >= 11 is 0. The first kappa shape index (κ1) is 15.0. The number of ether oxygens (including phenoxy) is 3. The van der Waals surface area contributed by atoms with E-state index >= 15 is 0 Å². The van der Waals surface area contributed by atoms with Gasteiger partial charge in [-0.2, -0.15) is 18.2 Å². The monoisotopic (exact) mass is 283 g/mol. The van der Waals surface area contributed by atoms with Crippen molar-refractivity contribution in [3.8, 4) is 11.8 Å². The molecule has 106 valence electrons. The lowest BCUT2D eigenvalue weighted by Crippen LogP contribution is -2.20. The Labute approximate surface area is 105 Å². The van der Waals surface area contributed by atoms with Gasteiger partial charge in [0.15, 0.2) is 12.4 Å². The molecule has 1 aromatic heterocycles. The molecule has 0 N–H and O–H groups in total. The van der Waals surface area contributed by atoms with Crippen molar-refractivity contribution in [1.29, 1.82) is 0 Å². The average molecular weight is 283 g/mol. The van der Waals surface area contributed by atoms with Gasteiger partial charge >= 0.3 is 12.1 Å². The first-order valence-electron chi connectivity index (χ1n) is 4.81. The third-order valence-electron chi connectivity index (χ3n) is 1.88. The molecule has 1 rings (SSSR count). The molecule has 0 unspecified atom stereocenters. The van der Waals surface area contributed by atoms with Gasteiger partial charge in [-0.05, 0) is 6.07 Å². The number of nitrogens with zero attached hydrogens (tertiary/aromatic N) is 1. The molecular weight excluding hydrogens is 274 g/mol. The highest BCUT2D eigenvalue weighted by Crippen LogP contribution is 2.25. The van der Waals surface area contributed by atoms with Crippen LogP contribution in [0.25, 0.3) is 0 Å². The van der Waals surface area contributed by atoms with Crippen molar-refractivity contribution in [3.05, 3.63) is 17.4 Å². The maximum absolute atomic E-state index is 13.4. The minimum absolute atomic E-state index is 0.359. The van der Waals surface area contributed by atoms with Crippen molar-refractivity contribution in [2.75, 3.05) is 20.8 Å². The molecule has 0 atom stereocenters. The van der Waals surface area contributed by atoms with E-state index in [1.54, 1.807) is 0 Å². The summed E-state index contributed by atoms with van der Waals surface area (Å²) in [5.41, 5.74) is -0.359. The second-order valence-electron chi connectivity index (χ2n) is 3.23. The molecule has 0 amide bonds. The second-order valence-corrected chi connectivity index (χ2v) is 3.23. The van der Waals surface area contributed by atoms with Gasteiger partial charge in [0.1, 0.15) is 5.56 Å². The molecule has 0 bridgehead atoms. The van der Waals surface area contributed by atoms with Crippen molar-refractivity contribution in [1.82, 2.24) is 4.98 Å². The number of esters is 1. The maximum Gasteiger partial charge on any atom is 0.422 e. The summed E-state index contributed by atoms with van der Waals surface area (Å²) in [6.45, 7) is -1.71. The van der Waals surface area contributed by atoms with Gasteiger partial charge in [-0.1, -0.05) is 0 Å². The summed E-state index contributed by atoms with van der Waals surface area (Å²) in [5.74, 6) is -3.48. The lowest BCUT2D eigenvalue weighted by atomic mass is 10.2. The molecule has 0 fully saturated rings. The van der Waals surface area contributed by atoms with Crippen LogP contribution in [0.3, 0.4) is 0 Å². The molecule has 9 heteroatoms. The summed E-state index contributed by atoms with van der Waals surface area (Å²) in [4.78, 5) is 14.6. The van der Waals surface area contributed by atoms with Crippen molar-refractivity contribution >= 4 is 5.97 Å². The van der Waals surface area contributed by atoms with Crippen LogP contribution in [0.5, 0.6) is 11.8 Å². The summed E-state index contributed by atoms with van der Waals surface area (Å²) in [7, 11) is 2.16. The molecule has 0 aliphatic rings. The van der Waals surface area contributed by atoms with Crippen LogP contribution in [0.2, 0.25) is 0 Å². The lowest BCUT2D eigenvalue weighted by molar-refractivity contribution is -0.154. The van der Waals surface area contributed by atoms with E-state index in [-0.39, 0.29) is 5.56 Å². The molecule has 0 aromatic carbocycles. The Balaban J connectivity index is 3.06. The number of carbonyl (C=O) groups excluding carboxylic acids is 1. The Bertz CT molecular complexity index is 475. The molecule has 19 heavy (non-hydrogen) atoms. The van der Waals surface area contributed by atoms with Crippen LogP contribution in [0.1, 0.15) is 10.4 Å². The number of hydrogen-bond acceptors (Lipinski definition) is 5. The first-order chi connectivity index (χ1) is 8.78. The number of rotatable bonds is 4. The molecule has 0 saturated carbocycles. The van der Waals surface area contributed by atoms with E-state index in [9.17, 15) is 22.4 Å². The van der Waals surface area contributed by atoms with Gasteiger partial charge in [0, 0.05) is 0 Å². The Morgan fingerprint density at radius 1 is 1.32 bits per heavy atom. The highest BCUT2D eigenvalue weighted by atomic mass is 19.4. The minimum Gasteiger partial charge on any atom is -0.480 e. The zero-order chi connectivity index (χ0) is 14.6. The highest BCUT2D eigenvalue weighted by molar-refractivity contribution is 5.91. The fraction of sp³-hybridized carbons (Fsp3) is 0.400. The fourth-order valence-corrected chi connectivity index (χ4v) is 1.12. The molecule has 0 radical (unpaired) electrons. The quantitative estimate of drug-likeness (QED) is 0.624. The topological polar surface area (TPSA) is 57.7 Å². The van der Waals surface area contributed by atoms with Crippen LogP contribution >= 0.6 is 0 Å². The summed E-state index contributed by atoms with van der Waals surface area (Å²) in [6.07, 6.45) is -4.64. The van der Waals surface area contributed by atoms with E-state index in [1.807, 2.05) is 0 Å². The van der Waals surface area contributed by atoms with Gasteiger partial charge in [-0.25, -0.2) is 9.18 Å². The van der Waals surface area contributed by atoms with Crippen LogP contribution in [-0.4, -0.2) is 38.0 Å². The molecule has 5 nitrogen and oxygen atoms in total. The maximum atomic E-state index is 13.4. The number of alkyl halides is 3. The third-order valence-corrected chi connectivity index (χ3v) is 1.88. The van der Waals surface area contributed by atoms with Crippen molar-refractivity contribution < 1.29 is 36.6 Å². The van der Waals surface area contributed by atoms with Gasteiger partial charge in [-0.15, -0.1) is 0 Å². The van der Waals surface area contributed by atoms with Crippen LogP contribution in [-0.2, 0) is 4.74 Å². The highest BCUT2D eigenvalue weighted by Gasteiger charge is 2.30. The minimum atomic E-state index is -4.64. The standard InChI is InChI=1S/C10H9F4NO4/c1-17-7-5(9(16)18-2)3-6(11)8(15-7)19-4-10(12,13)14/h3H,4H2,1-2H3. The second kappa shape index (κ2) is 5.72. The molecular formula is C10H9F4NO4. The Morgan fingerprint density at radius 3 is 2.42 bits per heavy atom. The third kappa shape index (κ3) is 3.97. The Kier molecular flexibility index (Phi) is 4.52. The molecule has 0 saturated heterocycles. The zero-order valence-electron chi connectivity index (χ0n) is 9.88. The average Bonchev–Trinajstić information content (AvgIpc) is 2.35. The van der Waals surface area contributed by atoms with Crippen molar-refractivity contribution in [2.24, 2.45) is 0 Å². The Hall–Kier alpha value is -2.06. The van der Waals surface area contributed by atoms with Gasteiger partial charge in [0.25, 0.3) is 5.88 Å². The zero-order valence-corrected chi connectivity index (χ0v) is 9.88. The van der Waals surface area contributed by atoms with Gasteiger partial charge < -0.3 is 14.2 Å². The number of aromatic nitrogens is 1. The SMILES string of the molecule is COC(=O)c1cc(F)c(OCC(F)(F)F)nc1OC. The number of methoxy groups -OCH3 is 2. The first-order valence-corrected chi connectivity index (χ1v) is 4.81. The van der Waals surface area contributed by atoms with Crippen LogP contribution in [0, 0.1) is 5.82 Å². The molecule has 0 spiro atoms. The van der Waals surface area contributed by atoms with E-state index in [0.29, 0.717) is 6.07 Å². The summed E-state index contributed by atoms with van der Waals surface area (Å²) in [5, 5.41) is 0. The Morgan fingerprint density at radius 2 is 1.95 bits per heavy atom. The van der Waals surface area contributed by atoms with Crippen LogP contribution in [0.15, 0.2) is 6.07 Å². The predicted octanol–water partition coefficient (Wildman–Crippen LogP) is 1.96. The summed E-state index contributed by atoms with van der Waals surface area (Å²) < 4.78 is 62.4. The van der Waals surface area contributed by atoms with E-state index in [4.69, 9.17) is 0 Å². The van der Waals surface area contributed by atoms with Crippen molar-refractivity contribution in [3.63, 3.8) is 0 Å². The van der Waals surface area contributed by atoms with Gasteiger partial charge in [0.05, 0.1) is 14.2 Å². The number of hydrogen-bond donors (Lipinski definition) is 0. The van der Waals surface area contributed by atoms with Gasteiger partial charge in [0.2, 0.25) is 5.88 Å². The van der Waals surface area contributed by atoms with Gasteiger partial charge in [-0.3, -0.25) is 0 Å². The summed E-state index contributed by atoms with van der Waals surface area (Å²) in [6, 6.07) is 0.628. The van der Waals surface area contributed by atoms with Crippen molar-refractivity contribution in [2.45, 2.75) is 6.18 Å². The normalized spacial score (nSPS) is 11.1. The molecule has 0 aliphatic carbocycles. The largest absolute Gasteiger partial charge is 0.480 e. The van der Waals surface area contributed by atoms with Crippen LogP contribution in [0.4, 0.5) is 17.6 Å².